The van der Waals surface area contributed by atoms with Gasteiger partial charge in [0.1, 0.15) is 5.76 Å². The summed E-state index contributed by atoms with van der Waals surface area (Å²) in [7, 11) is 0. The van der Waals surface area contributed by atoms with Gasteiger partial charge in [-0.3, -0.25) is 4.90 Å². The molecule has 1 aliphatic heterocycles. The SMILES string of the molecule is NCC1(c2ccccc2)CCN(Cc2ncc(C3CC3)o2)CC1. The van der Waals surface area contributed by atoms with Crippen LogP contribution in [0.3, 0.4) is 0 Å². The van der Waals surface area contributed by atoms with E-state index in [1.165, 1.54) is 18.4 Å². The molecule has 0 radical (unpaired) electrons. The predicted octanol–water partition coefficient (Wildman–Crippen LogP) is 3.04. The Morgan fingerprint density at radius 1 is 1.17 bits per heavy atom. The number of oxazole rings is 1. The van der Waals surface area contributed by atoms with E-state index in [4.69, 9.17) is 10.2 Å². The molecule has 1 aromatic heterocycles. The minimum Gasteiger partial charge on any atom is -0.444 e. The normalized spacial score (nSPS) is 21.4. The standard InChI is InChI=1S/C19H25N3O/c20-14-19(16-4-2-1-3-5-16)8-10-22(11-9-19)13-18-21-12-17(23-18)15-6-7-15/h1-5,12,15H,6-11,13-14,20H2. The molecule has 0 atom stereocenters. The van der Waals surface area contributed by atoms with Crippen LogP contribution >= 0.6 is 0 Å². The summed E-state index contributed by atoms with van der Waals surface area (Å²) in [6.45, 7) is 3.64. The summed E-state index contributed by atoms with van der Waals surface area (Å²) in [4.78, 5) is 6.90. The maximum Gasteiger partial charge on any atom is 0.208 e. The van der Waals surface area contributed by atoms with E-state index in [0.717, 1.165) is 50.7 Å². The number of hydrogen-bond donors (Lipinski definition) is 1. The van der Waals surface area contributed by atoms with Crippen LogP contribution in [0.15, 0.2) is 40.9 Å². The molecule has 122 valence electrons. The van der Waals surface area contributed by atoms with Gasteiger partial charge in [-0.15, -0.1) is 0 Å². The van der Waals surface area contributed by atoms with Crippen molar-refractivity contribution in [2.75, 3.05) is 19.6 Å². The average Bonchev–Trinajstić information content (AvgIpc) is 3.36. The van der Waals surface area contributed by atoms with Gasteiger partial charge in [-0.1, -0.05) is 30.3 Å². The summed E-state index contributed by atoms with van der Waals surface area (Å²) in [5, 5.41) is 0. The lowest BCUT2D eigenvalue weighted by atomic mass is 9.73. The predicted molar refractivity (Wildman–Crippen MR) is 90.2 cm³/mol. The zero-order valence-electron chi connectivity index (χ0n) is 13.6. The number of hydrogen-bond acceptors (Lipinski definition) is 4. The molecule has 1 saturated heterocycles. The van der Waals surface area contributed by atoms with Crippen LogP contribution in [0.4, 0.5) is 0 Å². The Morgan fingerprint density at radius 2 is 1.91 bits per heavy atom. The highest BCUT2D eigenvalue weighted by molar-refractivity contribution is 5.26. The van der Waals surface area contributed by atoms with Gasteiger partial charge in [-0.2, -0.15) is 0 Å². The number of aromatic nitrogens is 1. The minimum absolute atomic E-state index is 0.132. The number of likely N-dealkylation sites (tertiary alicyclic amines) is 1. The first-order valence-corrected chi connectivity index (χ1v) is 8.72. The van der Waals surface area contributed by atoms with Gasteiger partial charge in [0.25, 0.3) is 0 Å². The van der Waals surface area contributed by atoms with Crippen LogP contribution in [0.5, 0.6) is 0 Å². The fraction of sp³-hybridized carbons (Fsp3) is 0.526. The molecule has 1 aliphatic carbocycles. The van der Waals surface area contributed by atoms with Crippen molar-refractivity contribution >= 4 is 0 Å². The van der Waals surface area contributed by atoms with Crippen molar-refractivity contribution in [1.82, 2.24) is 9.88 Å². The van der Waals surface area contributed by atoms with Crippen LogP contribution in [0.25, 0.3) is 0 Å². The van der Waals surface area contributed by atoms with Crippen LogP contribution in [0, 0.1) is 0 Å². The zero-order valence-corrected chi connectivity index (χ0v) is 13.6. The molecular weight excluding hydrogens is 286 g/mol. The van der Waals surface area contributed by atoms with Gasteiger partial charge in [-0.05, 0) is 44.3 Å². The van der Waals surface area contributed by atoms with Crippen molar-refractivity contribution in [3.8, 4) is 0 Å². The summed E-state index contributed by atoms with van der Waals surface area (Å²) >= 11 is 0. The van der Waals surface area contributed by atoms with Crippen LogP contribution in [-0.2, 0) is 12.0 Å². The third kappa shape index (κ3) is 3.06. The Kier molecular flexibility index (Phi) is 3.95. The van der Waals surface area contributed by atoms with Crippen molar-refractivity contribution in [1.29, 1.82) is 0 Å². The second kappa shape index (κ2) is 6.10. The van der Waals surface area contributed by atoms with Crippen molar-refractivity contribution in [2.45, 2.75) is 43.6 Å². The molecule has 1 saturated carbocycles. The number of benzene rings is 1. The van der Waals surface area contributed by atoms with Gasteiger partial charge < -0.3 is 10.2 Å². The van der Waals surface area contributed by atoms with E-state index in [-0.39, 0.29) is 5.41 Å². The van der Waals surface area contributed by atoms with Crippen LogP contribution in [0.1, 0.15) is 48.8 Å². The first-order chi connectivity index (χ1) is 11.3. The maximum atomic E-state index is 6.16. The Hall–Kier alpha value is -1.65. The van der Waals surface area contributed by atoms with E-state index >= 15 is 0 Å². The highest BCUT2D eigenvalue weighted by Crippen LogP contribution is 2.40. The van der Waals surface area contributed by atoms with Crippen LogP contribution < -0.4 is 5.73 Å². The van der Waals surface area contributed by atoms with E-state index in [1.807, 2.05) is 6.20 Å². The van der Waals surface area contributed by atoms with E-state index < -0.39 is 0 Å². The van der Waals surface area contributed by atoms with E-state index in [2.05, 4.69) is 40.2 Å². The molecule has 0 unspecified atom stereocenters. The molecule has 0 spiro atoms. The fourth-order valence-electron chi connectivity index (χ4n) is 3.69. The summed E-state index contributed by atoms with van der Waals surface area (Å²) < 4.78 is 5.90. The summed E-state index contributed by atoms with van der Waals surface area (Å²) in [5.74, 6) is 2.59. The molecule has 2 N–H and O–H groups in total. The number of nitrogens with two attached hydrogens (primary N) is 1. The lowest BCUT2D eigenvalue weighted by Gasteiger charge is -2.41. The number of nitrogens with zero attached hydrogens (tertiary/aromatic N) is 2. The molecule has 4 rings (SSSR count). The Morgan fingerprint density at radius 3 is 2.57 bits per heavy atom. The zero-order chi connectivity index (χ0) is 15.7. The van der Waals surface area contributed by atoms with Gasteiger partial charge in [0, 0.05) is 17.9 Å². The van der Waals surface area contributed by atoms with Gasteiger partial charge in [0.05, 0.1) is 12.7 Å². The number of rotatable bonds is 5. The maximum absolute atomic E-state index is 6.16. The molecule has 1 aromatic carbocycles. The molecule has 4 heteroatoms. The molecule has 2 heterocycles. The van der Waals surface area contributed by atoms with Gasteiger partial charge in [0.15, 0.2) is 0 Å². The third-order valence-electron chi connectivity index (χ3n) is 5.50. The van der Waals surface area contributed by atoms with Crippen LogP contribution in [0.2, 0.25) is 0 Å². The van der Waals surface area contributed by atoms with Crippen molar-refractivity contribution in [3.05, 3.63) is 53.7 Å². The Labute approximate surface area is 137 Å². The van der Waals surface area contributed by atoms with Crippen molar-refractivity contribution in [3.63, 3.8) is 0 Å². The molecule has 0 amide bonds. The average molecular weight is 311 g/mol. The van der Waals surface area contributed by atoms with E-state index in [0.29, 0.717) is 5.92 Å². The Bertz CT molecular complexity index is 640. The van der Waals surface area contributed by atoms with Crippen molar-refractivity contribution < 1.29 is 4.42 Å². The largest absolute Gasteiger partial charge is 0.444 e. The lowest BCUT2D eigenvalue weighted by Crippen LogP contribution is -2.46. The molecule has 2 aromatic rings. The number of piperidine rings is 1. The van der Waals surface area contributed by atoms with Gasteiger partial charge in [0.2, 0.25) is 5.89 Å². The van der Waals surface area contributed by atoms with Gasteiger partial charge >= 0.3 is 0 Å². The molecule has 0 bridgehead atoms. The Balaban J connectivity index is 1.39. The van der Waals surface area contributed by atoms with Gasteiger partial charge in [-0.25, -0.2) is 4.98 Å². The summed E-state index contributed by atoms with van der Waals surface area (Å²) in [6, 6.07) is 10.7. The van der Waals surface area contributed by atoms with Crippen molar-refractivity contribution in [2.24, 2.45) is 5.73 Å². The third-order valence-corrected chi connectivity index (χ3v) is 5.50. The van der Waals surface area contributed by atoms with E-state index in [1.54, 1.807) is 0 Å². The summed E-state index contributed by atoms with van der Waals surface area (Å²) in [6.07, 6.45) is 6.64. The monoisotopic (exact) mass is 311 g/mol. The van der Waals surface area contributed by atoms with E-state index in [9.17, 15) is 0 Å². The van der Waals surface area contributed by atoms with Crippen LogP contribution in [-0.4, -0.2) is 29.5 Å². The topological polar surface area (TPSA) is 55.3 Å². The first-order valence-electron chi connectivity index (χ1n) is 8.72. The second-order valence-electron chi connectivity index (χ2n) is 7.06. The fourth-order valence-corrected chi connectivity index (χ4v) is 3.69. The highest BCUT2D eigenvalue weighted by atomic mass is 16.4. The summed E-state index contributed by atoms with van der Waals surface area (Å²) in [5.41, 5.74) is 7.68. The highest BCUT2D eigenvalue weighted by Gasteiger charge is 2.35. The minimum atomic E-state index is 0.132. The quantitative estimate of drug-likeness (QED) is 0.922. The first kappa shape index (κ1) is 14.9. The molecule has 2 aliphatic rings. The lowest BCUT2D eigenvalue weighted by molar-refractivity contribution is 0.144. The molecule has 4 nitrogen and oxygen atoms in total. The second-order valence-corrected chi connectivity index (χ2v) is 7.06. The molecular formula is C19H25N3O. The molecule has 2 fully saturated rings. The molecule has 23 heavy (non-hydrogen) atoms. The smallest absolute Gasteiger partial charge is 0.208 e.